The van der Waals surface area contributed by atoms with E-state index in [1.165, 1.54) is 33.9 Å². The summed E-state index contributed by atoms with van der Waals surface area (Å²) in [7, 11) is 2.90. The monoisotopic (exact) mass is 346 g/mol. The van der Waals surface area contributed by atoms with Gasteiger partial charge in [-0.2, -0.15) is 0 Å². The Morgan fingerprint density at radius 1 is 1.50 bits per heavy atom. The Balaban J connectivity index is 2.46. The number of rotatable bonds is 5. The summed E-state index contributed by atoms with van der Waals surface area (Å²) in [5.41, 5.74) is -0.0290. The lowest BCUT2D eigenvalue weighted by molar-refractivity contribution is -0.385. The highest BCUT2D eigenvalue weighted by Crippen LogP contribution is 2.40. The third kappa shape index (κ3) is 6.33. The lowest BCUT2D eigenvalue weighted by Crippen LogP contribution is -2.09. The molecule has 1 heterocycles. The fourth-order valence-corrected chi connectivity index (χ4v) is 4.08. The molecule has 0 aliphatic heterocycles. The van der Waals surface area contributed by atoms with Crippen LogP contribution in [0, 0.1) is 10.1 Å². The van der Waals surface area contributed by atoms with Crippen LogP contribution < -0.4 is 0 Å². The van der Waals surface area contributed by atoms with Crippen LogP contribution in [0.15, 0.2) is 23.4 Å². The summed E-state index contributed by atoms with van der Waals surface area (Å²) in [5, 5.41) is 11.3. The fraction of sp³-hybridized carbons (Fsp3) is 0.444. The second-order valence-electron chi connectivity index (χ2n) is 3.42. The van der Waals surface area contributed by atoms with E-state index < -0.39 is 8.72 Å². The number of alkyl halides is 3. The summed E-state index contributed by atoms with van der Waals surface area (Å²) in [6.45, 7) is 1.94. The maximum absolute atomic E-state index is 10.4. The van der Waals surface area contributed by atoms with E-state index in [-0.39, 0.29) is 10.9 Å². The van der Waals surface area contributed by atoms with Gasteiger partial charge in [0.1, 0.15) is 11.2 Å². The van der Waals surface area contributed by atoms with Crippen LogP contribution in [-0.4, -0.2) is 18.9 Å². The Bertz CT molecular complexity index is 411. The van der Waals surface area contributed by atoms with E-state index >= 15 is 0 Å². The van der Waals surface area contributed by atoms with Crippen LogP contribution in [0.25, 0.3) is 0 Å². The number of hydrogen-bond donors (Lipinski definition) is 0. The average Bonchev–Trinajstić information content (AvgIpc) is 2.24. The molecule has 0 fully saturated rings. The van der Waals surface area contributed by atoms with Gasteiger partial charge in [-0.1, -0.05) is 52.5 Å². The minimum atomic E-state index is -1.27. The first kappa shape index (κ1) is 16.2. The number of pyridine rings is 1. The predicted molar refractivity (Wildman–Crippen MR) is 78.7 cm³/mol. The van der Waals surface area contributed by atoms with E-state index in [4.69, 9.17) is 34.8 Å². The zero-order chi connectivity index (χ0) is 13.8. The Morgan fingerprint density at radius 2 is 2.17 bits per heavy atom. The van der Waals surface area contributed by atoms with Crippen LogP contribution in [0.3, 0.4) is 0 Å². The van der Waals surface area contributed by atoms with Gasteiger partial charge in [-0.3, -0.25) is 10.1 Å². The molecule has 4 nitrogen and oxygen atoms in total. The van der Waals surface area contributed by atoms with Crippen LogP contribution >= 0.6 is 56.4 Å². The van der Waals surface area contributed by atoms with Crippen LogP contribution in [0.1, 0.15) is 13.3 Å². The van der Waals surface area contributed by atoms with Gasteiger partial charge >= 0.3 is 0 Å². The van der Waals surface area contributed by atoms with Gasteiger partial charge in [0.05, 0.1) is 4.92 Å². The largest absolute Gasteiger partial charge is 0.287 e. The minimum absolute atomic E-state index is 0.0290. The third-order valence-corrected chi connectivity index (χ3v) is 5.00. The first-order valence-electron chi connectivity index (χ1n) is 4.78. The fourth-order valence-electron chi connectivity index (χ4n) is 1.02. The molecule has 1 rings (SSSR count). The van der Waals surface area contributed by atoms with Crippen molar-refractivity contribution >= 4 is 62.1 Å². The first-order valence-corrected chi connectivity index (χ1v) is 8.13. The van der Waals surface area contributed by atoms with Gasteiger partial charge in [-0.05, 0) is 16.9 Å². The standard InChI is InChI=1S/C9H9Cl3N2O2S2/c1-6(4-9(10,11)12)17-18-8-3-2-7(5-13-8)14(15)16/h2-3,5-6H,4H2,1H3. The van der Waals surface area contributed by atoms with E-state index in [1.807, 2.05) is 6.92 Å². The molecule has 9 heteroatoms. The van der Waals surface area contributed by atoms with E-state index in [0.29, 0.717) is 11.4 Å². The highest BCUT2D eigenvalue weighted by Gasteiger charge is 2.23. The second kappa shape index (κ2) is 7.05. The number of aromatic nitrogens is 1. The van der Waals surface area contributed by atoms with E-state index in [1.54, 1.807) is 6.07 Å². The molecular formula is C9H9Cl3N2O2S2. The molecule has 0 amide bonds. The summed E-state index contributed by atoms with van der Waals surface area (Å²) in [5.74, 6) is 0. The molecule has 0 saturated carbocycles. The third-order valence-electron chi connectivity index (χ3n) is 1.75. The number of halogens is 3. The Morgan fingerprint density at radius 3 is 2.61 bits per heavy atom. The molecule has 1 unspecified atom stereocenters. The van der Waals surface area contributed by atoms with Crippen molar-refractivity contribution in [3.63, 3.8) is 0 Å². The van der Waals surface area contributed by atoms with Gasteiger partial charge in [-0.25, -0.2) is 4.98 Å². The molecule has 0 bridgehead atoms. The summed E-state index contributed by atoms with van der Waals surface area (Å²) in [6, 6.07) is 3.01. The van der Waals surface area contributed by atoms with E-state index in [0.717, 1.165) is 0 Å². The molecule has 0 N–H and O–H groups in total. The second-order valence-corrected chi connectivity index (χ2v) is 8.60. The summed E-state index contributed by atoms with van der Waals surface area (Å²) in [4.78, 5) is 13.9. The molecule has 0 aliphatic rings. The average molecular weight is 348 g/mol. The van der Waals surface area contributed by atoms with E-state index in [9.17, 15) is 10.1 Å². The molecule has 1 aromatic heterocycles. The molecule has 18 heavy (non-hydrogen) atoms. The zero-order valence-electron chi connectivity index (χ0n) is 9.18. The molecule has 1 aromatic rings. The van der Waals surface area contributed by atoms with Crippen LogP contribution in [0.4, 0.5) is 5.69 Å². The van der Waals surface area contributed by atoms with Crippen molar-refractivity contribution < 1.29 is 4.92 Å². The van der Waals surface area contributed by atoms with Crippen molar-refractivity contribution in [3.8, 4) is 0 Å². The number of hydrogen-bond acceptors (Lipinski definition) is 5. The molecule has 0 saturated heterocycles. The van der Waals surface area contributed by atoms with Crippen LogP contribution in [-0.2, 0) is 0 Å². The lowest BCUT2D eigenvalue weighted by atomic mass is 10.4. The quantitative estimate of drug-likeness (QED) is 0.329. The Hall–Kier alpha value is 0.120. The van der Waals surface area contributed by atoms with Crippen LogP contribution in [0.2, 0.25) is 0 Å². The SMILES string of the molecule is CC(CC(Cl)(Cl)Cl)SSc1ccc([N+](=O)[O-])cn1. The molecule has 0 aliphatic carbocycles. The van der Waals surface area contributed by atoms with Crippen molar-refractivity contribution in [2.75, 3.05) is 0 Å². The Kier molecular flexibility index (Phi) is 6.34. The van der Waals surface area contributed by atoms with Gasteiger partial charge < -0.3 is 0 Å². The maximum atomic E-state index is 10.4. The molecule has 0 aromatic carbocycles. The van der Waals surface area contributed by atoms with Crippen molar-refractivity contribution in [2.45, 2.75) is 27.4 Å². The van der Waals surface area contributed by atoms with Crippen molar-refractivity contribution in [1.82, 2.24) is 4.98 Å². The van der Waals surface area contributed by atoms with Gasteiger partial charge in [-0.15, -0.1) is 0 Å². The predicted octanol–water partition coefficient (Wildman–Crippen LogP) is 4.88. The molecular weight excluding hydrogens is 339 g/mol. The summed E-state index contributed by atoms with van der Waals surface area (Å²) in [6.07, 6.45) is 1.64. The van der Waals surface area contributed by atoms with Gasteiger partial charge in [0.2, 0.25) is 0 Å². The number of nitro groups is 1. The highest BCUT2D eigenvalue weighted by atomic mass is 35.6. The molecule has 0 radical (unpaired) electrons. The normalized spacial score (nSPS) is 13.3. The highest BCUT2D eigenvalue weighted by molar-refractivity contribution is 8.76. The molecule has 0 spiro atoms. The topological polar surface area (TPSA) is 56.0 Å². The van der Waals surface area contributed by atoms with Gasteiger partial charge in [0, 0.05) is 17.7 Å². The first-order chi connectivity index (χ1) is 8.28. The van der Waals surface area contributed by atoms with Crippen LogP contribution in [0.5, 0.6) is 0 Å². The Labute approximate surface area is 127 Å². The van der Waals surface area contributed by atoms with Crippen molar-refractivity contribution in [1.29, 1.82) is 0 Å². The van der Waals surface area contributed by atoms with Crippen molar-refractivity contribution in [3.05, 3.63) is 28.4 Å². The van der Waals surface area contributed by atoms with Gasteiger partial charge in [0.25, 0.3) is 5.69 Å². The molecule has 1 atom stereocenters. The maximum Gasteiger partial charge on any atom is 0.287 e. The zero-order valence-corrected chi connectivity index (χ0v) is 13.1. The molecule has 100 valence electrons. The van der Waals surface area contributed by atoms with Crippen molar-refractivity contribution in [2.24, 2.45) is 0 Å². The smallest absolute Gasteiger partial charge is 0.258 e. The summed E-state index contributed by atoms with van der Waals surface area (Å²) >= 11 is 17.0. The van der Waals surface area contributed by atoms with E-state index in [2.05, 4.69) is 4.98 Å². The van der Waals surface area contributed by atoms with Gasteiger partial charge in [0.15, 0.2) is 3.79 Å². The summed E-state index contributed by atoms with van der Waals surface area (Å²) < 4.78 is -1.27. The lowest BCUT2D eigenvalue weighted by Gasteiger charge is -2.15. The number of nitrogens with zero attached hydrogens (tertiary/aromatic N) is 2. The minimum Gasteiger partial charge on any atom is -0.258 e.